The lowest BCUT2D eigenvalue weighted by atomic mass is 9.82. The molecule has 1 aromatic carbocycles. The predicted molar refractivity (Wildman–Crippen MR) is 99.5 cm³/mol. The molecule has 0 aliphatic heterocycles. The van der Waals surface area contributed by atoms with Gasteiger partial charge in [-0.25, -0.2) is 8.78 Å². The number of fused-ring (bicyclic) bond motifs is 1. The molecule has 0 radical (unpaired) electrons. The number of hydrogen-bond acceptors (Lipinski definition) is 3. The number of aromatic amines is 1. The van der Waals surface area contributed by atoms with E-state index >= 15 is 0 Å². The van der Waals surface area contributed by atoms with Crippen LogP contribution in [0, 0.1) is 0 Å². The van der Waals surface area contributed by atoms with Gasteiger partial charge in [0, 0.05) is 43.6 Å². The average Bonchev–Trinajstić information content (AvgIpc) is 3.02. The molecule has 1 aromatic heterocycles. The fourth-order valence-corrected chi connectivity index (χ4v) is 4.03. The van der Waals surface area contributed by atoms with Crippen LogP contribution in [-0.2, 0) is 4.74 Å². The Bertz CT molecular complexity index is 826. The van der Waals surface area contributed by atoms with Crippen LogP contribution in [0.15, 0.2) is 24.4 Å². The van der Waals surface area contributed by atoms with Crippen LogP contribution in [0.5, 0.6) is 0 Å². The van der Waals surface area contributed by atoms with Gasteiger partial charge in [0.1, 0.15) is 0 Å². The van der Waals surface area contributed by atoms with E-state index in [-0.39, 0.29) is 44.9 Å². The molecule has 0 bridgehead atoms. The lowest BCUT2D eigenvalue weighted by Crippen LogP contribution is -2.51. The molecule has 27 heavy (non-hydrogen) atoms. The summed E-state index contributed by atoms with van der Waals surface area (Å²) in [5, 5.41) is 11.7. The van der Waals surface area contributed by atoms with Crippen molar-refractivity contribution >= 4 is 28.4 Å². The van der Waals surface area contributed by atoms with Gasteiger partial charge in [0.15, 0.2) is 0 Å². The highest BCUT2D eigenvalue weighted by atomic mass is 35.5. The predicted octanol–water partition coefficient (Wildman–Crippen LogP) is 3.85. The number of alkyl halides is 2. The Balaban J connectivity index is 1.88. The smallest absolute Gasteiger partial charge is 0.256 e. The van der Waals surface area contributed by atoms with Crippen LogP contribution in [0.1, 0.15) is 36.0 Å². The number of nitrogens with zero attached hydrogens (tertiary/aromatic N) is 1. The summed E-state index contributed by atoms with van der Waals surface area (Å²) >= 11 is 6.25. The molecule has 1 saturated carbocycles. The molecule has 1 amide bonds. The zero-order valence-electron chi connectivity index (χ0n) is 15.1. The number of ether oxygens (including phenoxy) is 1. The van der Waals surface area contributed by atoms with Crippen LogP contribution in [-0.4, -0.2) is 59.2 Å². The normalized spacial score (nSPS) is 22.1. The van der Waals surface area contributed by atoms with Crippen molar-refractivity contribution in [3.63, 3.8) is 0 Å². The summed E-state index contributed by atoms with van der Waals surface area (Å²) in [6.07, 6.45) is 1.12. The first-order valence-electron chi connectivity index (χ1n) is 8.89. The fraction of sp³-hybridized carbons (Fsp3) is 0.526. The number of rotatable bonds is 6. The number of halogens is 3. The number of carbonyl (C=O) groups excluding carboxylic acids is 1. The number of amides is 1. The topological polar surface area (TPSA) is 65.6 Å². The molecule has 2 N–H and O–H groups in total. The molecule has 0 saturated heterocycles. The zero-order chi connectivity index (χ0) is 19.7. The van der Waals surface area contributed by atoms with Crippen molar-refractivity contribution in [1.82, 2.24) is 9.88 Å². The molecular weight excluding hydrogens is 378 g/mol. The summed E-state index contributed by atoms with van der Waals surface area (Å²) in [5.74, 6) is -3.30. The van der Waals surface area contributed by atoms with Crippen LogP contribution in [0.4, 0.5) is 8.78 Å². The molecule has 1 atom stereocenters. The van der Waals surface area contributed by atoms with Gasteiger partial charge in [0.2, 0.25) is 0 Å². The summed E-state index contributed by atoms with van der Waals surface area (Å²) < 4.78 is 32.7. The van der Waals surface area contributed by atoms with Crippen LogP contribution < -0.4 is 0 Å². The van der Waals surface area contributed by atoms with Crippen molar-refractivity contribution < 1.29 is 23.4 Å². The van der Waals surface area contributed by atoms with E-state index in [9.17, 15) is 18.7 Å². The molecule has 148 valence electrons. The standard InChI is InChI=1S/C19H23ClF2N2O3/c1-27-9-8-24(12-18(26)6-3-7-19(21,22)11-18)17(25)13-10-23-15-5-2-4-14(20)16(13)15/h2,4-5,10,23,26H,3,6-9,11-12H2,1H3/t18-/m0/s1. The van der Waals surface area contributed by atoms with Crippen LogP contribution in [0.3, 0.4) is 0 Å². The molecule has 1 heterocycles. The number of carbonyl (C=O) groups is 1. The van der Waals surface area contributed by atoms with E-state index in [1.165, 1.54) is 12.0 Å². The van der Waals surface area contributed by atoms with Gasteiger partial charge in [-0.2, -0.15) is 0 Å². The van der Waals surface area contributed by atoms with E-state index in [2.05, 4.69) is 4.98 Å². The second kappa shape index (κ2) is 7.73. The van der Waals surface area contributed by atoms with Crippen LogP contribution in [0.2, 0.25) is 5.02 Å². The maximum atomic E-state index is 13.8. The van der Waals surface area contributed by atoms with Gasteiger partial charge in [-0.1, -0.05) is 17.7 Å². The van der Waals surface area contributed by atoms with Crippen LogP contribution in [0.25, 0.3) is 10.9 Å². The minimum absolute atomic E-state index is 0.179. The van der Waals surface area contributed by atoms with E-state index in [0.29, 0.717) is 21.5 Å². The van der Waals surface area contributed by atoms with E-state index < -0.39 is 17.9 Å². The third-order valence-electron chi connectivity index (χ3n) is 5.00. The molecule has 1 aliphatic carbocycles. The van der Waals surface area contributed by atoms with Crippen molar-refractivity contribution in [3.05, 3.63) is 35.0 Å². The Morgan fingerprint density at radius 1 is 1.41 bits per heavy atom. The molecule has 3 rings (SSSR count). The lowest BCUT2D eigenvalue weighted by Gasteiger charge is -2.40. The van der Waals surface area contributed by atoms with Gasteiger partial charge in [-0.05, 0) is 25.0 Å². The maximum absolute atomic E-state index is 13.8. The molecule has 8 heteroatoms. The number of H-pyrrole nitrogens is 1. The van der Waals surface area contributed by atoms with Gasteiger partial charge >= 0.3 is 0 Å². The monoisotopic (exact) mass is 400 g/mol. The minimum Gasteiger partial charge on any atom is -0.388 e. The highest BCUT2D eigenvalue weighted by molar-refractivity contribution is 6.36. The SMILES string of the molecule is COCCN(C[C@]1(O)CCCC(F)(F)C1)C(=O)c1c[nH]c2cccc(Cl)c12. The minimum atomic E-state index is -2.92. The molecule has 1 aliphatic rings. The molecule has 0 spiro atoms. The van der Waals surface area contributed by atoms with Crippen molar-refractivity contribution in [2.45, 2.75) is 37.2 Å². The molecule has 2 aromatic rings. The highest BCUT2D eigenvalue weighted by Gasteiger charge is 2.46. The first-order chi connectivity index (χ1) is 12.7. The number of benzene rings is 1. The Morgan fingerprint density at radius 3 is 2.89 bits per heavy atom. The lowest BCUT2D eigenvalue weighted by molar-refractivity contribution is -0.130. The van der Waals surface area contributed by atoms with Gasteiger partial charge in [0.05, 0.1) is 29.3 Å². The number of methoxy groups -OCH3 is 1. The largest absolute Gasteiger partial charge is 0.388 e. The van der Waals surface area contributed by atoms with Gasteiger partial charge in [0.25, 0.3) is 11.8 Å². The van der Waals surface area contributed by atoms with E-state index in [0.717, 1.165) is 0 Å². The highest BCUT2D eigenvalue weighted by Crippen LogP contribution is 2.40. The molecule has 5 nitrogen and oxygen atoms in total. The summed E-state index contributed by atoms with van der Waals surface area (Å²) in [7, 11) is 1.49. The van der Waals surface area contributed by atoms with E-state index in [4.69, 9.17) is 16.3 Å². The number of aromatic nitrogens is 1. The van der Waals surface area contributed by atoms with Gasteiger partial charge in [-0.3, -0.25) is 4.79 Å². The number of hydrogen-bond donors (Lipinski definition) is 2. The Labute approximate surface area is 161 Å². The van der Waals surface area contributed by atoms with Gasteiger partial charge < -0.3 is 19.7 Å². The summed E-state index contributed by atoms with van der Waals surface area (Å²) in [6.45, 7) is 0.233. The third kappa shape index (κ3) is 4.42. The van der Waals surface area contributed by atoms with Crippen LogP contribution >= 0.6 is 11.6 Å². The second-order valence-electron chi connectivity index (χ2n) is 7.19. The zero-order valence-corrected chi connectivity index (χ0v) is 15.9. The molecule has 1 fully saturated rings. The molecule has 0 unspecified atom stereocenters. The van der Waals surface area contributed by atoms with Crippen molar-refractivity contribution in [2.24, 2.45) is 0 Å². The van der Waals surface area contributed by atoms with E-state index in [1.54, 1.807) is 24.4 Å². The summed E-state index contributed by atoms with van der Waals surface area (Å²) in [6, 6.07) is 5.25. The first-order valence-corrected chi connectivity index (χ1v) is 9.26. The average molecular weight is 401 g/mol. The van der Waals surface area contributed by atoms with Crippen molar-refractivity contribution in [3.8, 4) is 0 Å². The summed E-state index contributed by atoms with van der Waals surface area (Å²) in [4.78, 5) is 17.5. The Hall–Kier alpha value is -1.70. The Kier molecular flexibility index (Phi) is 5.74. The molecular formula is C19H23ClF2N2O3. The van der Waals surface area contributed by atoms with Gasteiger partial charge in [-0.15, -0.1) is 0 Å². The summed E-state index contributed by atoms with van der Waals surface area (Å²) in [5.41, 5.74) is -0.570. The number of nitrogens with one attached hydrogen (secondary N) is 1. The van der Waals surface area contributed by atoms with E-state index in [1.807, 2.05) is 0 Å². The third-order valence-corrected chi connectivity index (χ3v) is 5.31. The Morgan fingerprint density at radius 2 is 2.19 bits per heavy atom. The van der Waals surface area contributed by atoms with Crippen molar-refractivity contribution in [2.75, 3.05) is 26.8 Å². The maximum Gasteiger partial charge on any atom is 0.256 e. The first kappa shape index (κ1) is 20.0. The quantitative estimate of drug-likeness (QED) is 0.774. The fourth-order valence-electron chi connectivity index (χ4n) is 3.76. The second-order valence-corrected chi connectivity index (χ2v) is 7.60. The van der Waals surface area contributed by atoms with Crippen molar-refractivity contribution in [1.29, 1.82) is 0 Å². The number of aliphatic hydroxyl groups is 1.